The Kier molecular flexibility index (Phi) is 3.71. The lowest BCUT2D eigenvalue weighted by atomic mass is 10.3. The first-order valence-corrected chi connectivity index (χ1v) is 5.87. The van der Waals surface area contributed by atoms with E-state index in [0.717, 1.165) is 0 Å². The Morgan fingerprint density at radius 1 is 1.29 bits per heavy atom. The molecule has 0 bridgehead atoms. The molecule has 0 aliphatic rings. The molecule has 1 amide bonds. The molecule has 0 aliphatic carbocycles. The van der Waals surface area contributed by atoms with Gasteiger partial charge in [0.25, 0.3) is 5.91 Å². The number of carbonyl (C=O) groups is 1. The van der Waals surface area contributed by atoms with Crippen LogP contribution in [0.25, 0.3) is 0 Å². The normalized spacial score (nSPS) is 10.0. The van der Waals surface area contributed by atoms with Gasteiger partial charge in [0.2, 0.25) is 0 Å². The second-order valence-electron chi connectivity index (χ2n) is 3.15. The zero-order valence-electron chi connectivity index (χ0n) is 8.52. The Bertz CT molecular complexity index is 545. The molecule has 1 N–H and O–H groups in total. The topological polar surface area (TPSA) is 54.9 Å². The summed E-state index contributed by atoms with van der Waals surface area (Å²) in [6, 6.07) is 6.71. The minimum absolute atomic E-state index is 0.284. The number of rotatable bonds is 2. The van der Waals surface area contributed by atoms with Gasteiger partial charge in [0, 0.05) is 12.4 Å². The maximum absolute atomic E-state index is 11.8. The molecule has 2 aromatic rings. The third-order valence-corrected chi connectivity index (χ3v) is 2.81. The highest BCUT2D eigenvalue weighted by atomic mass is 79.9. The monoisotopic (exact) mass is 311 g/mol. The van der Waals surface area contributed by atoms with Crippen LogP contribution in [0.2, 0.25) is 5.02 Å². The van der Waals surface area contributed by atoms with Crippen LogP contribution >= 0.6 is 27.5 Å². The number of nitrogens with one attached hydrogen (secondary N) is 1. The smallest absolute Gasteiger partial charge is 0.275 e. The maximum Gasteiger partial charge on any atom is 0.275 e. The highest BCUT2D eigenvalue weighted by Crippen LogP contribution is 2.18. The quantitative estimate of drug-likeness (QED) is 0.927. The third-order valence-electron chi connectivity index (χ3n) is 1.95. The number of carbonyl (C=O) groups excluding carboxylic acids is 1. The van der Waals surface area contributed by atoms with Gasteiger partial charge >= 0.3 is 0 Å². The molecule has 4 nitrogen and oxygen atoms in total. The number of hydrogen-bond donors (Lipinski definition) is 1. The van der Waals surface area contributed by atoms with Gasteiger partial charge < -0.3 is 5.32 Å². The molecular weight excluding hydrogens is 305 g/mol. The lowest BCUT2D eigenvalue weighted by Crippen LogP contribution is -2.14. The summed E-state index contributed by atoms with van der Waals surface area (Å²) in [5, 5.41) is 3.13. The van der Waals surface area contributed by atoms with Crippen LogP contribution in [0.4, 0.5) is 5.82 Å². The van der Waals surface area contributed by atoms with E-state index < -0.39 is 0 Å². The Labute approximate surface area is 111 Å². The van der Waals surface area contributed by atoms with Gasteiger partial charge in [0.15, 0.2) is 0 Å². The molecule has 2 rings (SSSR count). The molecule has 17 heavy (non-hydrogen) atoms. The fourth-order valence-electron chi connectivity index (χ4n) is 1.16. The second-order valence-corrected chi connectivity index (χ2v) is 4.44. The molecule has 0 unspecified atom stereocenters. The van der Waals surface area contributed by atoms with Crippen LogP contribution in [-0.2, 0) is 0 Å². The molecule has 0 aliphatic heterocycles. The number of aromatic nitrogens is 2. The largest absolute Gasteiger partial charge is 0.304 e. The number of amides is 1. The Morgan fingerprint density at radius 2 is 2.12 bits per heavy atom. The molecule has 6 heteroatoms. The summed E-state index contributed by atoms with van der Waals surface area (Å²) in [7, 11) is 0. The van der Waals surface area contributed by atoms with Crippen molar-refractivity contribution in [1.29, 1.82) is 0 Å². The van der Waals surface area contributed by atoms with Crippen molar-refractivity contribution in [3.05, 3.63) is 51.8 Å². The van der Waals surface area contributed by atoms with E-state index in [4.69, 9.17) is 11.6 Å². The summed E-state index contributed by atoms with van der Waals surface area (Å²) in [6.45, 7) is 0. The first-order valence-electron chi connectivity index (χ1n) is 4.70. The lowest BCUT2D eigenvalue weighted by molar-refractivity contribution is 0.102. The van der Waals surface area contributed by atoms with Crippen LogP contribution in [0.1, 0.15) is 10.5 Å². The Balaban J connectivity index is 2.17. The Morgan fingerprint density at radius 3 is 2.76 bits per heavy atom. The van der Waals surface area contributed by atoms with E-state index in [1.54, 1.807) is 30.5 Å². The summed E-state index contributed by atoms with van der Waals surface area (Å²) < 4.78 is 0.710. The van der Waals surface area contributed by atoms with Gasteiger partial charge in [0.1, 0.15) is 11.5 Å². The van der Waals surface area contributed by atoms with E-state index in [0.29, 0.717) is 15.3 Å². The van der Waals surface area contributed by atoms with Crippen molar-refractivity contribution in [2.24, 2.45) is 0 Å². The van der Waals surface area contributed by atoms with Crippen molar-refractivity contribution < 1.29 is 4.79 Å². The zero-order chi connectivity index (χ0) is 12.3. The van der Waals surface area contributed by atoms with Crippen LogP contribution in [0.15, 0.2) is 41.1 Å². The lowest BCUT2D eigenvalue weighted by Gasteiger charge is -2.05. The van der Waals surface area contributed by atoms with E-state index >= 15 is 0 Å². The molecule has 0 aromatic carbocycles. The molecule has 0 spiro atoms. The van der Waals surface area contributed by atoms with E-state index in [9.17, 15) is 4.79 Å². The maximum atomic E-state index is 11.8. The van der Waals surface area contributed by atoms with Crippen LogP contribution in [0.5, 0.6) is 0 Å². The minimum Gasteiger partial charge on any atom is -0.304 e. The fourth-order valence-corrected chi connectivity index (χ4v) is 1.63. The molecule has 0 fully saturated rings. The number of hydrogen-bond acceptors (Lipinski definition) is 3. The average Bonchev–Trinajstić information content (AvgIpc) is 2.33. The molecule has 2 heterocycles. The summed E-state index contributed by atoms with van der Waals surface area (Å²) in [4.78, 5) is 19.7. The number of pyridine rings is 2. The highest BCUT2D eigenvalue weighted by Gasteiger charge is 2.09. The van der Waals surface area contributed by atoms with E-state index in [2.05, 4.69) is 31.2 Å². The Hall–Kier alpha value is -1.46. The van der Waals surface area contributed by atoms with Gasteiger partial charge in [-0.15, -0.1) is 0 Å². The second kappa shape index (κ2) is 5.25. The van der Waals surface area contributed by atoms with Gasteiger partial charge in [0.05, 0.1) is 9.50 Å². The molecule has 86 valence electrons. The summed E-state index contributed by atoms with van der Waals surface area (Å²) in [6.07, 6.45) is 3.01. The van der Waals surface area contributed by atoms with Gasteiger partial charge in [-0.3, -0.25) is 4.79 Å². The molecule has 0 radical (unpaired) electrons. The van der Waals surface area contributed by atoms with Crippen molar-refractivity contribution in [1.82, 2.24) is 9.97 Å². The molecular formula is C11H7BrClN3O. The van der Waals surface area contributed by atoms with Gasteiger partial charge in [-0.1, -0.05) is 11.6 Å². The van der Waals surface area contributed by atoms with Gasteiger partial charge in [-0.05, 0) is 40.2 Å². The third kappa shape index (κ3) is 3.01. The first-order chi connectivity index (χ1) is 8.16. The van der Waals surface area contributed by atoms with E-state index in [1.807, 2.05) is 0 Å². The standard InChI is InChI=1S/C11H7BrClN3O/c12-8-2-1-5-14-10(8)16-11(17)9-4-3-7(13)6-15-9/h1-6H,(H,14,16,17). The van der Waals surface area contributed by atoms with Crippen LogP contribution in [-0.4, -0.2) is 15.9 Å². The SMILES string of the molecule is O=C(Nc1ncccc1Br)c1ccc(Cl)cn1. The van der Waals surface area contributed by atoms with Crippen molar-refractivity contribution in [3.63, 3.8) is 0 Å². The minimum atomic E-state index is -0.332. The molecule has 2 aromatic heterocycles. The van der Waals surface area contributed by atoms with E-state index in [1.165, 1.54) is 6.20 Å². The number of nitrogens with zero attached hydrogens (tertiary/aromatic N) is 2. The van der Waals surface area contributed by atoms with Gasteiger partial charge in [-0.2, -0.15) is 0 Å². The first kappa shape index (κ1) is 12.0. The summed E-state index contributed by atoms with van der Waals surface area (Å²) in [5.74, 6) is 0.121. The average molecular weight is 313 g/mol. The predicted molar refractivity (Wildman–Crippen MR) is 69.1 cm³/mol. The molecule has 0 atom stereocenters. The van der Waals surface area contributed by atoms with Crippen LogP contribution < -0.4 is 5.32 Å². The zero-order valence-corrected chi connectivity index (χ0v) is 10.9. The van der Waals surface area contributed by atoms with Crippen molar-refractivity contribution in [2.45, 2.75) is 0 Å². The predicted octanol–water partition coefficient (Wildman–Crippen LogP) is 3.14. The van der Waals surface area contributed by atoms with Crippen LogP contribution in [0.3, 0.4) is 0 Å². The van der Waals surface area contributed by atoms with Crippen molar-refractivity contribution >= 4 is 39.3 Å². The summed E-state index contributed by atoms with van der Waals surface area (Å²) in [5.41, 5.74) is 0.284. The highest BCUT2D eigenvalue weighted by molar-refractivity contribution is 9.10. The molecule has 0 saturated heterocycles. The van der Waals surface area contributed by atoms with E-state index in [-0.39, 0.29) is 11.6 Å². The van der Waals surface area contributed by atoms with Crippen molar-refractivity contribution in [3.8, 4) is 0 Å². The van der Waals surface area contributed by atoms with Crippen molar-refractivity contribution in [2.75, 3.05) is 5.32 Å². The van der Waals surface area contributed by atoms with Gasteiger partial charge in [-0.25, -0.2) is 9.97 Å². The van der Waals surface area contributed by atoms with Crippen LogP contribution in [0, 0.1) is 0 Å². The number of halogens is 2. The number of anilines is 1. The molecule has 0 saturated carbocycles. The fraction of sp³-hybridized carbons (Fsp3) is 0. The summed E-state index contributed by atoms with van der Waals surface area (Å²) >= 11 is 8.98.